The summed E-state index contributed by atoms with van der Waals surface area (Å²) in [5.41, 5.74) is -4.98. The van der Waals surface area contributed by atoms with Crippen molar-refractivity contribution in [2.45, 2.75) is 6.18 Å². The first-order valence-electron chi connectivity index (χ1n) is 9.67. The molecule has 0 atom stereocenters. The van der Waals surface area contributed by atoms with E-state index in [0.29, 0.717) is 5.56 Å². The van der Waals surface area contributed by atoms with Gasteiger partial charge in [-0.15, -0.1) is 0 Å². The molecule has 14 heteroatoms. The predicted molar refractivity (Wildman–Crippen MR) is 116 cm³/mol. The van der Waals surface area contributed by atoms with Gasteiger partial charge in [0.15, 0.2) is 5.43 Å². The molecule has 0 aliphatic heterocycles. The van der Waals surface area contributed by atoms with Crippen LogP contribution in [0.25, 0.3) is 22.3 Å². The number of phenolic OH excluding ortho intramolecular Hbond substituents is 2. The van der Waals surface area contributed by atoms with E-state index >= 15 is 0 Å². The zero-order chi connectivity index (χ0) is 26.4. The smallest absolute Gasteiger partial charge is 0.416 e. The standard InChI is InChI=1S/C22H11F3N2O9/c23-22(24,25)11-5-14(26(31)32)21(15(6-11)27(33)34)35-13-7-16(29)20-17(30)9-18(36-19(20)8-13)10-1-3-12(28)4-2-10/h1-9,28-29H. The zero-order valence-electron chi connectivity index (χ0n) is 17.5. The van der Waals surface area contributed by atoms with E-state index in [-0.39, 0.29) is 34.6 Å². The average Bonchev–Trinajstić information content (AvgIpc) is 2.78. The molecule has 0 amide bonds. The molecule has 0 spiro atoms. The molecule has 2 N–H and O–H groups in total. The van der Waals surface area contributed by atoms with Crippen molar-refractivity contribution in [2.75, 3.05) is 0 Å². The minimum absolute atomic E-state index is 0.00413. The Morgan fingerprint density at radius 2 is 1.47 bits per heavy atom. The fourth-order valence-electron chi connectivity index (χ4n) is 3.33. The van der Waals surface area contributed by atoms with Crippen molar-refractivity contribution < 1.29 is 42.4 Å². The predicted octanol–water partition coefficient (Wildman–Crippen LogP) is 5.50. The van der Waals surface area contributed by atoms with E-state index in [1.807, 2.05) is 0 Å². The summed E-state index contributed by atoms with van der Waals surface area (Å²) in [5, 5.41) is 42.3. The quantitative estimate of drug-likeness (QED) is 0.263. The molecule has 184 valence electrons. The number of aromatic hydroxyl groups is 2. The maximum Gasteiger partial charge on any atom is 0.416 e. The topological polar surface area (TPSA) is 166 Å². The Hall–Kier alpha value is -5.14. The van der Waals surface area contributed by atoms with Crippen LogP contribution in [0.4, 0.5) is 24.5 Å². The normalized spacial score (nSPS) is 11.4. The Labute approximate surface area is 196 Å². The molecule has 0 fully saturated rings. The van der Waals surface area contributed by atoms with E-state index in [1.165, 1.54) is 24.3 Å². The fraction of sp³-hybridized carbons (Fsp3) is 0.0455. The van der Waals surface area contributed by atoms with Gasteiger partial charge in [0.05, 0.1) is 15.4 Å². The van der Waals surface area contributed by atoms with Gasteiger partial charge in [-0.05, 0) is 24.3 Å². The number of phenols is 2. The lowest BCUT2D eigenvalue weighted by Crippen LogP contribution is -2.08. The molecule has 3 aromatic carbocycles. The molecule has 11 nitrogen and oxygen atoms in total. The van der Waals surface area contributed by atoms with E-state index in [2.05, 4.69) is 0 Å². The minimum Gasteiger partial charge on any atom is -0.508 e. The van der Waals surface area contributed by atoms with Crippen LogP contribution < -0.4 is 10.2 Å². The van der Waals surface area contributed by atoms with Crippen LogP contribution in [0.15, 0.2) is 63.8 Å². The highest BCUT2D eigenvalue weighted by Gasteiger charge is 2.38. The highest BCUT2D eigenvalue weighted by molar-refractivity contribution is 5.86. The highest BCUT2D eigenvalue weighted by Crippen LogP contribution is 2.45. The minimum atomic E-state index is -5.12. The van der Waals surface area contributed by atoms with Gasteiger partial charge < -0.3 is 19.4 Å². The van der Waals surface area contributed by atoms with Gasteiger partial charge in [0, 0.05) is 35.9 Å². The van der Waals surface area contributed by atoms with Crippen molar-refractivity contribution >= 4 is 22.3 Å². The number of halogens is 3. The van der Waals surface area contributed by atoms with E-state index < -0.39 is 55.6 Å². The van der Waals surface area contributed by atoms with Gasteiger partial charge >= 0.3 is 17.6 Å². The Morgan fingerprint density at radius 3 is 2.00 bits per heavy atom. The molecular formula is C22H11F3N2O9. The van der Waals surface area contributed by atoms with E-state index in [4.69, 9.17) is 9.15 Å². The molecule has 0 saturated carbocycles. The number of nitro benzene ring substituents is 2. The summed E-state index contributed by atoms with van der Waals surface area (Å²) in [7, 11) is 0. The molecule has 0 unspecified atom stereocenters. The first-order valence-corrected chi connectivity index (χ1v) is 9.67. The average molecular weight is 504 g/mol. The lowest BCUT2D eigenvalue weighted by molar-refractivity contribution is -0.396. The monoisotopic (exact) mass is 504 g/mol. The third kappa shape index (κ3) is 4.46. The van der Waals surface area contributed by atoms with Crippen molar-refractivity contribution in [2.24, 2.45) is 0 Å². The molecule has 1 aromatic heterocycles. The summed E-state index contributed by atoms with van der Waals surface area (Å²) in [6, 6.07) is 8.47. The molecule has 0 aliphatic rings. The molecule has 0 aliphatic carbocycles. The van der Waals surface area contributed by atoms with Crippen LogP contribution >= 0.6 is 0 Å². The van der Waals surface area contributed by atoms with Gasteiger partial charge in [0.2, 0.25) is 0 Å². The lowest BCUT2D eigenvalue weighted by Gasteiger charge is -2.12. The number of nitro groups is 2. The number of ether oxygens (including phenoxy) is 1. The van der Waals surface area contributed by atoms with Gasteiger partial charge in [-0.1, -0.05) is 0 Å². The maximum absolute atomic E-state index is 13.1. The Kier molecular flexibility index (Phi) is 5.72. The number of fused-ring (bicyclic) bond motifs is 1. The second kappa shape index (κ2) is 8.57. The molecular weight excluding hydrogens is 493 g/mol. The van der Waals surface area contributed by atoms with Gasteiger partial charge in [-0.3, -0.25) is 25.0 Å². The van der Waals surface area contributed by atoms with Crippen LogP contribution in [-0.4, -0.2) is 20.1 Å². The Balaban J connectivity index is 1.89. The summed E-state index contributed by atoms with van der Waals surface area (Å²) in [6.07, 6.45) is -5.12. The van der Waals surface area contributed by atoms with Crippen LogP contribution in [-0.2, 0) is 6.18 Å². The summed E-state index contributed by atoms with van der Waals surface area (Å²) < 4.78 is 50.2. The molecule has 4 aromatic rings. The van der Waals surface area contributed by atoms with Gasteiger partial charge in [0.25, 0.3) is 5.75 Å². The van der Waals surface area contributed by atoms with Crippen LogP contribution in [0.5, 0.6) is 23.0 Å². The molecule has 0 bridgehead atoms. The van der Waals surface area contributed by atoms with Crippen molar-refractivity contribution in [1.29, 1.82) is 0 Å². The number of benzene rings is 3. The first-order chi connectivity index (χ1) is 16.8. The molecule has 36 heavy (non-hydrogen) atoms. The second-order valence-corrected chi connectivity index (χ2v) is 7.29. The fourth-order valence-corrected chi connectivity index (χ4v) is 3.33. The lowest BCUT2D eigenvalue weighted by atomic mass is 10.1. The van der Waals surface area contributed by atoms with Gasteiger partial charge in [-0.2, -0.15) is 13.2 Å². The molecule has 4 rings (SSSR count). The SMILES string of the molecule is O=c1cc(-c2ccc(O)cc2)oc2cc(Oc3c([N+](=O)[O-])cc(C(F)(F)F)cc3[N+](=O)[O-])cc(O)c12. The number of alkyl halides is 3. The van der Waals surface area contributed by atoms with Crippen molar-refractivity contribution in [3.05, 3.63) is 90.6 Å². The van der Waals surface area contributed by atoms with E-state index in [0.717, 1.165) is 18.2 Å². The van der Waals surface area contributed by atoms with Gasteiger partial charge in [0.1, 0.15) is 34.0 Å². The van der Waals surface area contributed by atoms with Crippen LogP contribution in [0.3, 0.4) is 0 Å². The largest absolute Gasteiger partial charge is 0.508 e. The van der Waals surface area contributed by atoms with Gasteiger partial charge in [-0.25, -0.2) is 0 Å². The molecule has 0 radical (unpaired) electrons. The summed E-state index contributed by atoms with van der Waals surface area (Å²) >= 11 is 0. The number of nitrogens with zero attached hydrogens (tertiary/aromatic N) is 2. The second-order valence-electron chi connectivity index (χ2n) is 7.29. The Morgan fingerprint density at radius 1 is 0.889 bits per heavy atom. The van der Waals surface area contributed by atoms with Crippen LogP contribution in [0, 0.1) is 20.2 Å². The zero-order valence-corrected chi connectivity index (χ0v) is 17.5. The van der Waals surface area contributed by atoms with Crippen LogP contribution in [0.1, 0.15) is 5.56 Å². The van der Waals surface area contributed by atoms with Crippen LogP contribution in [0.2, 0.25) is 0 Å². The maximum atomic E-state index is 13.1. The third-order valence-electron chi connectivity index (χ3n) is 4.93. The number of hydrogen-bond acceptors (Lipinski definition) is 9. The molecule has 1 heterocycles. The third-order valence-corrected chi connectivity index (χ3v) is 4.93. The first kappa shape index (κ1) is 24.0. The van der Waals surface area contributed by atoms with E-state index in [1.54, 1.807) is 0 Å². The van der Waals surface area contributed by atoms with Crippen molar-refractivity contribution in [1.82, 2.24) is 0 Å². The van der Waals surface area contributed by atoms with E-state index in [9.17, 15) is 48.4 Å². The highest BCUT2D eigenvalue weighted by atomic mass is 19.4. The number of hydrogen-bond donors (Lipinski definition) is 2. The summed E-state index contributed by atoms with van der Waals surface area (Å²) in [5.74, 6) is -2.41. The summed E-state index contributed by atoms with van der Waals surface area (Å²) in [6.45, 7) is 0. The molecule has 0 saturated heterocycles. The number of rotatable bonds is 5. The van der Waals surface area contributed by atoms with Crippen molar-refractivity contribution in [3.8, 4) is 34.3 Å². The summed E-state index contributed by atoms with van der Waals surface area (Å²) in [4.78, 5) is 32.8. The Bertz CT molecular complexity index is 1560. The van der Waals surface area contributed by atoms with Crippen molar-refractivity contribution in [3.63, 3.8) is 0 Å².